The summed E-state index contributed by atoms with van der Waals surface area (Å²) in [6, 6.07) is -0.146. The quantitative estimate of drug-likeness (QED) is 0.866. The lowest BCUT2D eigenvalue weighted by Gasteiger charge is -2.26. The number of carbonyl (C=O) groups excluding carboxylic acids is 1. The van der Waals surface area contributed by atoms with E-state index in [0.29, 0.717) is 12.1 Å². The van der Waals surface area contributed by atoms with Crippen LogP contribution in [0.1, 0.15) is 24.9 Å². The van der Waals surface area contributed by atoms with Crippen LogP contribution in [0.4, 0.5) is 13.2 Å². The summed E-state index contributed by atoms with van der Waals surface area (Å²) < 4.78 is 40.0. The minimum atomic E-state index is -1.36. The predicted molar refractivity (Wildman–Crippen MR) is 62.2 cm³/mol. The Morgan fingerprint density at radius 2 is 1.90 bits per heavy atom. The summed E-state index contributed by atoms with van der Waals surface area (Å²) in [7, 11) is 0. The number of aliphatic carboxylic acids is 1. The van der Waals surface area contributed by atoms with E-state index in [1.54, 1.807) is 6.92 Å². The molecule has 0 radical (unpaired) electrons. The van der Waals surface area contributed by atoms with Crippen LogP contribution in [0.5, 0.6) is 0 Å². The smallest absolute Gasteiger partial charge is 0.309 e. The van der Waals surface area contributed by atoms with Gasteiger partial charge in [-0.05, 0) is 13.0 Å². The molecular formula is C13H12F3NO3. The second-order valence-corrected chi connectivity index (χ2v) is 4.56. The van der Waals surface area contributed by atoms with Crippen LogP contribution in [0.2, 0.25) is 0 Å². The lowest BCUT2D eigenvalue weighted by molar-refractivity contribution is -0.142. The fraction of sp³-hybridized carbons (Fsp3) is 0.385. The van der Waals surface area contributed by atoms with Crippen molar-refractivity contribution in [1.82, 2.24) is 4.90 Å². The van der Waals surface area contributed by atoms with Crippen molar-refractivity contribution in [2.75, 3.05) is 6.54 Å². The van der Waals surface area contributed by atoms with Crippen LogP contribution in [-0.4, -0.2) is 28.4 Å². The van der Waals surface area contributed by atoms with Gasteiger partial charge < -0.3 is 10.0 Å². The molecule has 0 bridgehead atoms. The fourth-order valence-corrected chi connectivity index (χ4v) is 2.53. The number of benzene rings is 1. The summed E-state index contributed by atoms with van der Waals surface area (Å²) in [5, 5.41) is 9.12. The predicted octanol–water partition coefficient (Wildman–Crippen LogP) is 2.10. The second-order valence-electron chi connectivity index (χ2n) is 4.56. The molecule has 1 saturated heterocycles. The lowest BCUT2D eigenvalue weighted by Crippen LogP contribution is -2.31. The Morgan fingerprint density at radius 1 is 1.30 bits per heavy atom. The minimum Gasteiger partial charge on any atom is -0.481 e. The second kappa shape index (κ2) is 5.15. The van der Waals surface area contributed by atoms with Crippen molar-refractivity contribution in [3.63, 3.8) is 0 Å². The van der Waals surface area contributed by atoms with Crippen LogP contribution in [0, 0.1) is 23.4 Å². The van der Waals surface area contributed by atoms with E-state index in [4.69, 9.17) is 5.11 Å². The SMILES string of the molecule is CCN1C(=O)CC(C(=O)O)C1c1cc(F)c(F)cc1F. The number of carboxylic acids is 1. The Morgan fingerprint density at radius 3 is 2.45 bits per heavy atom. The first kappa shape index (κ1) is 14.4. The van der Waals surface area contributed by atoms with E-state index in [2.05, 4.69) is 0 Å². The van der Waals surface area contributed by atoms with Gasteiger partial charge in [0, 0.05) is 24.6 Å². The topological polar surface area (TPSA) is 57.6 Å². The highest BCUT2D eigenvalue weighted by atomic mass is 19.2. The zero-order chi connectivity index (χ0) is 15.0. The monoisotopic (exact) mass is 287 g/mol. The average molecular weight is 287 g/mol. The summed E-state index contributed by atoms with van der Waals surface area (Å²) in [6.45, 7) is 1.76. The molecule has 7 heteroatoms. The Kier molecular flexibility index (Phi) is 3.69. The van der Waals surface area contributed by atoms with Crippen LogP contribution in [0.15, 0.2) is 12.1 Å². The molecule has 2 rings (SSSR count). The molecule has 1 fully saturated rings. The Labute approximate surface area is 112 Å². The van der Waals surface area contributed by atoms with Crippen molar-refractivity contribution < 1.29 is 27.9 Å². The van der Waals surface area contributed by atoms with Gasteiger partial charge in [-0.3, -0.25) is 9.59 Å². The molecule has 0 spiro atoms. The molecule has 2 unspecified atom stereocenters. The van der Waals surface area contributed by atoms with Crippen LogP contribution in [0.25, 0.3) is 0 Å². The first-order valence-corrected chi connectivity index (χ1v) is 6.03. The molecule has 20 heavy (non-hydrogen) atoms. The summed E-state index contributed by atoms with van der Waals surface area (Å²) in [5.41, 5.74) is -0.316. The average Bonchev–Trinajstić information content (AvgIpc) is 2.70. The van der Waals surface area contributed by atoms with Crippen LogP contribution in [0.3, 0.4) is 0 Å². The zero-order valence-corrected chi connectivity index (χ0v) is 10.6. The van der Waals surface area contributed by atoms with E-state index in [0.717, 1.165) is 4.90 Å². The number of amides is 1. The molecule has 1 heterocycles. The fourth-order valence-electron chi connectivity index (χ4n) is 2.53. The number of carboxylic acid groups (broad SMARTS) is 1. The summed E-state index contributed by atoms with van der Waals surface area (Å²) in [6.07, 6.45) is -0.285. The van der Waals surface area contributed by atoms with Gasteiger partial charge in [-0.2, -0.15) is 0 Å². The molecular weight excluding hydrogens is 275 g/mol. The Bertz CT molecular complexity index is 576. The van der Waals surface area contributed by atoms with E-state index in [-0.39, 0.29) is 18.5 Å². The highest BCUT2D eigenvalue weighted by Gasteiger charge is 2.45. The van der Waals surface area contributed by atoms with E-state index >= 15 is 0 Å². The zero-order valence-electron chi connectivity index (χ0n) is 10.6. The van der Waals surface area contributed by atoms with Crippen LogP contribution in [-0.2, 0) is 9.59 Å². The third kappa shape index (κ3) is 2.23. The number of likely N-dealkylation sites (tertiary alicyclic amines) is 1. The van der Waals surface area contributed by atoms with Gasteiger partial charge in [-0.15, -0.1) is 0 Å². The molecule has 0 aliphatic carbocycles. The third-order valence-corrected chi connectivity index (χ3v) is 3.45. The Balaban J connectivity index is 2.54. The molecule has 1 amide bonds. The number of hydrogen-bond acceptors (Lipinski definition) is 2. The van der Waals surface area contributed by atoms with Crippen LogP contribution >= 0.6 is 0 Å². The third-order valence-electron chi connectivity index (χ3n) is 3.45. The van der Waals surface area contributed by atoms with Gasteiger partial charge in [0.2, 0.25) is 5.91 Å². The van der Waals surface area contributed by atoms with Crippen molar-refractivity contribution in [2.45, 2.75) is 19.4 Å². The first-order valence-electron chi connectivity index (χ1n) is 6.03. The van der Waals surface area contributed by atoms with Gasteiger partial charge in [0.05, 0.1) is 12.0 Å². The highest BCUT2D eigenvalue weighted by molar-refractivity contribution is 5.87. The number of hydrogen-bond donors (Lipinski definition) is 1. The van der Waals surface area contributed by atoms with Gasteiger partial charge in [0.15, 0.2) is 11.6 Å². The standard InChI is InChI=1S/C13H12F3NO3/c1-2-17-11(18)4-7(13(19)20)12(17)6-3-9(15)10(16)5-8(6)14/h3,5,7,12H,2,4H2,1H3,(H,19,20). The maximum atomic E-state index is 13.8. The molecule has 1 N–H and O–H groups in total. The maximum Gasteiger partial charge on any atom is 0.309 e. The molecule has 1 aromatic rings. The van der Waals surface area contributed by atoms with Gasteiger partial charge >= 0.3 is 5.97 Å². The van der Waals surface area contributed by atoms with Gasteiger partial charge in [-0.25, -0.2) is 13.2 Å². The molecule has 108 valence electrons. The van der Waals surface area contributed by atoms with Crippen molar-refractivity contribution in [3.8, 4) is 0 Å². The van der Waals surface area contributed by atoms with Gasteiger partial charge in [-0.1, -0.05) is 0 Å². The summed E-state index contributed by atoms with van der Waals surface area (Å²) in [5.74, 6) is -6.60. The van der Waals surface area contributed by atoms with Crippen molar-refractivity contribution in [3.05, 3.63) is 35.1 Å². The van der Waals surface area contributed by atoms with E-state index in [9.17, 15) is 22.8 Å². The lowest BCUT2D eigenvalue weighted by atomic mass is 9.93. The van der Waals surface area contributed by atoms with Crippen molar-refractivity contribution in [2.24, 2.45) is 5.92 Å². The maximum absolute atomic E-state index is 13.8. The number of rotatable bonds is 3. The largest absolute Gasteiger partial charge is 0.481 e. The normalized spacial score (nSPS) is 22.4. The Hall–Kier alpha value is -2.05. The summed E-state index contributed by atoms with van der Waals surface area (Å²) in [4.78, 5) is 24.1. The molecule has 1 aliphatic heterocycles. The first-order chi connectivity index (χ1) is 9.36. The molecule has 4 nitrogen and oxygen atoms in total. The molecule has 0 saturated carbocycles. The van der Waals surface area contributed by atoms with E-state index < -0.39 is 41.3 Å². The van der Waals surface area contributed by atoms with E-state index in [1.165, 1.54) is 0 Å². The molecule has 0 aromatic heterocycles. The minimum absolute atomic E-state index is 0.158. The highest BCUT2D eigenvalue weighted by Crippen LogP contribution is 2.39. The summed E-state index contributed by atoms with van der Waals surface area (Å²) >= 11 is 0. The molecule has 1 aromatic carbocycles. The molecule has 1 aliphatic rings. The number of halogens is 3. The van der Waals surface area contributed by atoms with Crippen LogP contribution < -0.4 is 0 Å². The van der Waals surface area contributed by atoms with E-state index in [1.807, 2.05) is 0 Å². The number of carbonyl (C=O) groups is 2. The van der Waals surface area contributed by atoms with Crippen molar-refractivity contribution in [1.29, 1.82) is 0 Å². The van der Waals surface area contributed by atoms with Crippen molar-refractivity contribution >= 4 is 11.9 Å². The van der Waals surface area contributed by atoms with Gasteiger partial charge in [0.25, 0.3) is 0 Å². The number of nitrogens with zero attached hydrogens (tertiary/aromatic N) is 1. The van der Waals surface area contributed by atoms with Gasteiger partial charge in [0.1, 0.15) is 5.82 Å². The molecule has 2 atom stereocenters.